The Morgan fingerprint density at radius 2 is 0.456 bits per heavy atom. The average molecular weight is 1970 g/mol. The first-order valence-corrected chi connectivity index (χ1v) is 53.5. The number of thiophene rings is 4. The largest absolute Gasteiger partial charge is 0.308 e. The molecule has 0 radical (unpaired) electrons. The van der Waals surface area contributed by atoms with Gasteiger partial charge in [-0.1, -0.05) is 370 Å². The fourth-order valence-corrected chi connectivity index (χ4v) is 28.6. The van der Waals surface area contributed by atoms with Crippen molar-refractivity contribution >= 4 is 267 Å². The minimum atomic E-state index is 0.716. The highest BCUT2D eigenvalue weighted by Crippen LogP contribution is 2.54. The molecule has 33 rings (SSSR count). The molecule has 0 fully saturated rings. The van der Waals surface area contributed by atoms with Gasteiger partial charge in [0.25, 0.3) is 0 Å². The summed E-state index contributed by atoms with van der Waals surface area (Å²) in [5.41, 5.74) is 21.7. The van der Waals surface area contributed by atoms with Gasteiger partial charge < -0.3 is 13.7 Å². The molecule has 0 bridgehead atoms. The molecule has 0 saturated carbocycles. The molecule has 0 aliphatic carbocycles. The van der Waals surface area contributed by atoms with E-state index in [1.807, 2.05) is 52.2 Å². The van der Waals surface area contributed by atoms with E-state index in [0.29, 0.717) is 5.82 Å². The molecule has 0 unspecified atom stereocenters. The Hall–Kier alpha value is -18.6. The highest BCUT2D eigenvalue weighted by atomic mass is 32.1. The monoisotopic (exact) mass is 1970 g/mol. The van der Waals surface area contributed by atoms with E-state index in [1.165, 1.54) is 184 Å². The number of nitrogens with zero attached hydrogens (tertiary/aromatic N) is 9. The molecule has 0 atom stereocenters. The zero-order valence-electron chi connectivity index (χ0n) is 79.8. The summed E-state index contributed by atoms with van der Waals surface area (Å²) < 4.78 is 16.5. The van der Waals surface area contributed by atoms with Crippen molar-refractivity contribution in [1.29, 1.82) is 0 Å². The van der Waals surface area contributed by atoms with Crippen LogP contribution in [0.3, 0.4) is 0 Å². The number of para-hydroxylation sites is 4. The molecule has 9 nitrogen and oxygen atoms in total. The smallest absolute Gasteiger partial charge is 0.161 e. The Balaban J connectivity index is 0.000000101. The second-order valence-corrected chi connectivity index (χ2v) is 42.5. The Morgan fingerprint density at radius 1 is 0.161 bits per heavy atom. The molecule has 0 spiro atoms. The molecule has 10 aromatic heterocycles. The molecule has 0 amide bonds. The Bertz CT molecular complexity index is 11400. The van der Waals surface area contributed by atoms with Gasteiger partial charge in [-0.25, -0.2) is 29.9 Å². The van der Waals surface area contributed by atoms with Gasteiger partial charge in [0, 0.05) is 161 Å². The highest BCUT2D eigenvalue weighted by Gasteiger charge is 2.30. The minimum Gasteiger partial charge on any atom is -0.308 e. The Morgan fingerprint density at radius 3 is 0.906 bits per heavy atom. The number of fused-ring (bicyclic) bond motifs is 40. The summed E-state index contributed by atoms with van der Waals surface area (Å²) >= 11 is 7.41. The standard InChI is InChI=1S/C50H29N3S.C44H25N3S2.C42H25N3S/c1-2-14-30(15-3-1)46-45-35-18-6-4-16-33(35)34-17-5-9-21-38(34)47(45)52-50(51-46)31-26-28-32(29-27-31)53-41-24-12-10-22-39(41)43-36-19-7-8-20-37(36)44-40-23-11-13-25-42(40)54-49(44)48(43)53;1-2-13-26(14-3-1)43-45-40(39-33-21-8-11-24-36(33)49-44(39)46-43)27-15-12-16-28(25-27)47-34-22-9-6-19-31(34)37-29-17-4-5-18-30(29)38-32-20-7-10-23-35(32)48-42(38)41(37)47;1-2-12-26(13-3-1)39-31-16-6-9-19-34(31)43-42(44-39)27-22-24-28(25-23-27)45-35-20-10-7-17-32(35)37-29-14-4-5-15-30(29)38-33-18-8-11-21-36(33)46-41(38)40(37)45/h1-29H;1-25H;1-25H. The lowest BCUT2D eigenvalue weighted by atomic mass is 9.94. The third-order valence-electron chi connectivity index (χ3n) is 30.1. The van der Waals surface area contributed by atoms with Gasteiger partial charge in [-0.05, 0) is 158 Å². The molecule has 0 N–H and O–H groups in total. The third kappa shape index (κ3) is 13.2. The van der Waals surface area contributed by atoms with Crippen LogP contribution in [-0.4, -0.2) is 43.6 Å². The van der Waals surface area contributed by atoms with Crippen molar-refractivity contribution < 1.29 is 0 Å². The zero-order chi connectivity index (χ0) is 97.6. The SMILES string of the molecule is c1ccc(-c2nc(-c3ccc(-n4c5ccccc5c5c6ccccc6c6c7ccccc7sc6c54)cc3)nc3c4ccccc4c4ccccc4c23)cc1.c1ccc(-c2nc(-c3ccc(-n4c5ccccc5c5c6ccccc6c6c7ccccc7sc6c54)cc3)nc3ccccc23)cc1.c1ccc(-c2nc(-c3cccc(-n4c5ccccc5c5c6ccccc6c6c7ccccc7sc6c54)c3)c3c(n2)sc2ccccc23)cc1. The number of aromatic nitrogens is 9. The van der Waals surface area contributed by atoms with Gasteiger partial charge in [-0.15, -0.1) is 45.3 Å². The van der Waals surface area contributed by atoms with Gasteiger partial charge in [0.15, 0.2) is 17.5 Å². The first-order chi connectivity index (χ1) is 74.0. The Labute approximate surface area is 868 Å². The summed E-state index contributed by atoms with van der Waals surface area (Å²) in [4.78, 5) is 32.3. The van der Waals surface area contributed by atoms with Crippen molar-refractivity contribution in [1.82, 2.24) is 43.6 Å². The van der Waals surface area contributed by atoms with E-state index in [-0.39, 0.29) is 0 Å². The van der Waals surface area contributed by atoms with Crippen LogP contribution in [0.2, 0.25) is 0 Å². The van der Waals surface area contributed by atoms with Gasteiger partial charge in [0.05, 0.1) is 75.3 Å². The maximum atomic E-state index is 5.39. The lowest BCUT2D eigenvalue weighted by Gasteiger charge is -2.15. The van der Waals surface area contributed by atoms with Gasteiger partial charge in [0.2, 0.25) is 0 Å². The van der Waals surface area contributed by atoms with Crippen molar-refractivity contribution in [2.24, 2.45) is 0 Å². The van der Waals surface area contributed by atoms with Crippen LogP contribution >= 0.6 is 45.3 Å². The molecular formula is C136H79N9S4. The maximum absolute atomic E-state index is 5.39. The van der Waals surface area contributed by atoms with Crippen molar-refractivity contribution in [3.05, 3.63) is 479 Å². The Kier molecular flexibility index (Phi) is 19.4. The van der Waals surface area contributed by atoms with Gasteiger partial charge in [-0.2, -0.15) is 0 Å². The van der Waals surface area contributed by atoms with E-state index < -0.39 is 0 Å². The average Bonchev–Trinajstić information content (AvgIpc) is 1.55. The second-order valence-electron chi connectivity index (χ2n) is 38.3. The molecular weight excluding hydrogens is 1890 g/mol. The van der Waals surface area contributed by atoms with Crippen LogP contribution in [-0.2, 0) is 0 Å². The van der Waals surface area contributed by atoms with E-state index in [0.717, 1.165) is 117 Å². The maximum Gasteiger partial charge on any atom is 0.161 e. The molecule has 23 aromatic carbocycles. The zero-order valence-corrected chi connectivity index (χ0v) is 83.0. The van der Waals surface area contributed by atoms with Crippen LogP contribution in [0.25, 0.3) is 307 Å². The van der Waals surface area contributed by atoms with Crippen LogP contribution in [0.15, 0.2) is 479 Å². The summed E-state index contributed by atoms with van der Waals surface area (Å²) in [5.74, 6) is 2.19. The van der Waals surface area contributed by atoms with Crippen LogP contribution in [0, 0.1) is 0 Å². The first-order valence-electron chi connectivity index (χ1n) is 50.3. The molecule has 149 heavy (non-hydrogen) atoms. The fourth-order valence-electron chi connectivity index (χ4n) is 23.8. The predicted octanol–water partition coefficient (Wildman–Crippen LogP) is 38.3. The topological polar surface area (TPSA) is 92.1 Å². The molecule has 692 valence electrons. The van der Waals surface area contributed by atoms with Crippen molar-refractivity contribution in [3.63, 3.8) is 0 Å². The predicted molar refractivity (Wildman–Crippen MR) is 636 cm³/mol. The summed E-state index contributed by atoms with van der Waals surface area (Å²) in [6.07, 6.45) is 0. The van der Waals surface area contributed by atoms with E-state index in [2.05, 4.69) is 475 Å². The number of hydrogen-bond donors (Lipinski definition) is 0. The fraction of sp³-hybridized carbons (Fsp3) is 0. The quantitative estimate of drug-likeness (QED) is 0.134. The van der Waals surface area contributed by atoms with Crippen LogP contribution < -0.4 is 0 Å². The van der Waals surface area contributed by atoms with E-state index in [1.54, 1.807) is 11.3 Å². The minimum absolute atomic E-state index is 0.716. The van der Waals surface area contributed by atoms with Crippen molar-refractivity contribution in [2.75, 3.05) is 0 Å². The second kappa shape index (κ2) is 34.0. The lowest BCUT2D eigenvalue weighted by Crippen LogP contribution is -1.98. The summed E-state index contributed by atoms with van der Waals surface area (Å²) in [5, 5.41) is 32.6. The van der Waals surface area contributed by atoms with Gasteiger partial charge in [-0.3, -0.25) is 0 Å². The lowest BCUT2D eigenvalue weighted by molar-refractivity contribution is 1.18. The molecule has 33 aromatic rings. The van der Waals surface area contributed by atoms with Crippen molar-refractivity contribution in [3.8, 4) is 85.0 Å². The molecule has 0 aliphatic heterocycles. The van der Waals surface area contributed by atoms with Crippen LogP contribution in [0.5, 0.6) is 0 Å². The van der Waals surface area contributed by atoms with E-state index >= 15 is 0 Å². The van der Waals surface area contributed by atoms with Crippen LogP contribution in [0.1, 0.15) is 0 Å². The summed E-state index contributed by atoms with van der Waals surface area (Å²) in [6, 6.07) is 172. The third-order valence-corrected chi connectivity index (χ3v) is 34.7. The van der Waals surface area contributed by atoms with Crippen molar-refractivity contribution in [2.45, 2.75) is 0 Å². The van der Waals surface area contributed by atoms with E-state index in [9.17, 15) is 0 Å². The summed E-state index contributed by atoms with van der Waals surface area (Å²) in [7, 11) is 0. The number of benzene rings is 23. The molecule has 10 heterocycles. The number of hydrogen-bond acceptors (Lipinski definition) is 10. The molecule has 0 aliphatic rings. The van der Waals surface area contributed by atoms with E-state index in [4.69, 9.17) is 29.9 Å². The highest BCUT2D eigenvalue weighted by molar-refractivity contribution is 7.28. The van der Waals surface area contributed by atoms with Gasteiger partial charge >= 0.3 is 0 Å². The summed E-state index contributed by atoms with van der Waals surface area (Å²) in [6.45, 7) is 0. The first kappa shape index (κ1) is 84.9. The molecule has 13 heteroatoms. The number of rotatable bonds is 9. The normalized spacial score (nSPS) is 12.0. The van der Waals surface area contributed by atoms with Crippen LogP contribution in [0.4, 0.5) is 0 Å². The van der Waals surface area contributed by atoms with Gasteiger partial charge in [0.1, 0.15) is 4.83 Å². The molecule has 0 saturated heterocycles.